The van der Waals surface area contributed by atoms with E-state index in [0.717, 1.165) is 30.5 Å². The van der Waals surface area contributed by atoms with Crippen LogP contribution in [0.15, 0.2) is 12.1 Å². The van der Waals surface area contributed by atoms with Crippen LogP contribution in [-0.2, 0) is 10.2 Å². The molecule has 2 fully saturated rings. The van der Waals surface area contributed by atoms with E-state index in [1.807, 2.05) is 13.0 Å². The molecule has 0 spiro atoms. The molecule has 1 aromatic carbocycles. The number of ether oxygens (including phenoxy) is 2. The van der Waals surface area contributed by atoms with Gasteiger partial charge < -0.3 is 14.4 Å². The molecule has 4 nitrogen and oxygen atoms in total. The van der Waals surface area contributed by atoms with Crippen LogP contribution in [-0.4, -0.2) is 36.9 Å². The maximum atomic E-state index is 13.4. The van der Waals surface area contributed by atoms with E-state index in [1.54, 1.807) is 0 Å². The van der Waals surface area contributed by atoms with Crippen molar-refractivity contribution in [3.8, 4) is 11.5 Å². The summed E-state index contributed by atoms with van der Waals surface area (Å²) >= 11 is 0. The van der Waals surface area contributed by atoms with Gasteiger partial charge in [-0.15, -0.1) is 0 Å². The molecule has 0 N–H and O–H groups in total. The number of alkyl halides is 1. The number of benzene rings is 1. The third-order valence-corrected chi connectivity index (χ3v) is 5.60. The number of halogens is 1. The highest BCUT2D eigenvalue weighted by Crippen LogP contribution is 2.50. The van der Waals surface area contributed by atoms with Crippen molar-refractivity contribution in [3.05, 3.63) is 23.3 Å². The van der Waals surface area contributed by atoms with Crippen LogP contribution < -0.4 is 9.47 Å². The van der Waals surface area contributed by atoms with Crippen molar-refractivity contribution in [3.63, 3.8) is 0 Å². The van der Waals surface area contributed by atoms with Gasteiger partial charge in [-0.2, -0.15) is 4.39 Å². The highest BCUT2D eigenvalue weighted by molar-refractivity contribution is 5.81. The summed E-state index contributed by atoms with van der Waals surface area (Å²) in [6, 6.07) is 4.24. The van der Waals surface area contributed by atoms with E-state index >= 15 is 0 Å². The normalized spacial score (nSPS) is 34.0. The van der Waals surface area contributed by atoms with Crippen LogP contribution in [0.25, 0.3) is 0 Å². The van der Waals surface area contributed by atoms with Crippen molar-refractivity contribution in [1.82, 2.24) is 4.90 Å². The number of nitrogens with zero attached hydrogens (tertiary/aromatic N) is 1. The lowest BCUT2D eigenvalue weighted by Gasteiger charge is -2.41. The summed E-state index contributed by atoms with van der Waals surface area (Å²) < 4.78 is 23.6. The first-order chi connectivity index (χ1) is 10.5. The zero-order chi connectivity index (χ0) is 15.5. The molecule has 1 aromatic rings. The predicted molar refractivity (Wildman–Crippen MR) is 78.9 cm³/mol. The van der Waals surface area contributed by atoms with E-state index < -0.39 is 6.54 Å². The predicted octanol–water partition coefficient (Wildman–Crippen LogP) is 2.71. The van der Waals surface area contributed by atoms with E-state index in [1.165, 1.54) is 0 Å². The van der Waals surface area contributed by atoms with Crippen molar-refractivity contribution in [2.24, 2.45) is 0 Å². The molecule has 1 aliphatic carbocycles. The zero-order valence-electron chi connectivity index (χ0n) is 12.9. The Bertz CT molecular complexity index is 647. The smallest absolute Gasteiger partial charge is 0.397 e. The van der Waals surface area contributed by atoms with Crippen molar-refractivity contribution in [2.45, 2.75) is 50.6 Å². The maximum Gasteiger partial charge on any atom is 0.397 e. The molecule has 5 heteroatoms. The van der Waals surface area contributed by atoms with Gasteiger partial charge in [0.25, 0.3) is 0 Å². The minimum Gasteiger partial charge on any atom is -0.425 e. The fourth-order valence-electron chi connectivity index (χ4n) is 4.41. The van der Waals surface area contributed by atoms with Gasteiger partial charge in [-0.1, -0.05) is 6.07 Å². The Balaban J connectivity index is 1.79. The minimum atomic E-state index is -1.71. The maximum absolute atomic E-state index is 13.4. The van der Waals surface area contributed by atoms with Gasteiger partial charge in [0.15, 0.2) is 11.5 Å². The molecule has 2 aliphatic heterocycles. The van der Waals surface area contributed by atoms with E-state index in [0.29, 0.717) is 30.1 Å². The van der Waals surface area contributed by atoms with Crippen LogP contribution in [0.1, 0.15) is 36.8 Å². The molecule has 1 saturated heterocycles. The SMILES string of the molecule is Cc1cc([C@@]23CCC(=O)C[C@@H]2N(C)CC3)cc2c1O[C@@H](F)O2. The molecule has 0 amide bonds. The topological polar surface area (TPSA) is 38.8 Å². The van der Waals surface area contributed by atoms with Crippen molar-refractivity contribution < 1.29 is 18.7 Å². The Morgan fingerprint density at radius 2 is 2.14 bits per heavy atom. The molecule has 0 radical (unpaired) electrons. The van der Waals surface area contributed by atoms with Gasteiger partial charge in [0.2, 0.25) is 0 Å². The highest BCUT2D eigenvalue weighted by atomic mass is 19.2. The standard InChI is InChI=1S/C17H20FNO3/c1-10-7-11(8-13-15(10)22-16(18)21-13)17-4-3-12(20)9-14(17)19(2)6-5-17/h7-8,14,16H,3-6,9H2,1-2H3/t14-,16-,17-/m0/s1. The van der Waals surface area contributed by atoms with Crippen molar-refractivity contribution in [1.29, 1.82) is 0 Å². The summed E-state index contributed by atoms with van der Waals surface area (Å²) in [7, 11) is 2.09. The molecular weight excluding hydrogens is 285 g/mol. The molecule has 0 unspecified atom stereocenters. The van der Waals surface area contributed by atoms with E-state index in [9.17, 15) is 9.18 Å². The second-order valence-corrected chi connectivity index (χ2v) is 6.78. The zero-order valence-corrected chi connectivity index (χ0v) is 12.9. The Labute approximate surface area is 129 Å². The fourth-order valence-corrected chi connectivity index (χ4v) is 4.41. The third kappa shape index (κ3) is 1.88. The molecule has 0 bridgehead atoms. The van der Waals surface area contributed by atoms with E-state index in [2.05, 4.69) is 18.0 Å². The van der Waals surface area contributed by atoms with Crippen LogP contribution in [0.5, 0.6) is 11.5 Å². The summed E-state index contributed by atoms with van der Waals surface area (Å²) in [5.74, 6) is 1.33. The largest absolute Gasteiger partial charge is 0.425 e. The van der Waals surface area contributed by atoms with Gasteiger partial charge >= 0.3 is 6.54 Å². The Morgan fingerprint density at radius 1 is 1.32 bits per heavy atom. The van der Waals surface area contributed by atoms with Gasteiger partial charge in [0.05, 0.1) is 0 Å². The summed E-state index contributed by atoms with van der Waals surface area (Å²) in [6.07, 6.45) is 3.12. The summed E-state index contributed by atoms with van der Waals surface area (Å²) in [6.45, 7) is 1.19. The number of fused-ring (bicyclic) bond motifs is 2. The number of hydrogen-bond acceptors (Lipinski definition) is 4. The molecule has 1 saturated carbocycles. The van der Waals surface area contributed by atoms with Crippen LogP contribution in [0.2, 0.25) is 0 Å². The van der Waals surface area contributed by atoms with Crippen LogP contribution in [0.4, 0.5) is 4.39 Å². The summed E-state index contributed by atoms with van der Waals surface area (Å²) in [5.41, 5.74) is 2.02. The molecular formula is C17H20FNO3. The Morgan fingerprint density at radius 3 is 2.95 bits per heavy atom. The lowest BCUT2D eigenvalue weighted by atomic mass is 9.65. The summed E-state index contributed by atoms with van der Waals surface area (Å²) in [5, 5.41) is 0. The number of aryl methyl sites for hydroxylation is 1. The number of Topliss-reactive ketones (excluding diaryl/α,β-unsaturated/α-hetero) is 1. The Hall–Kier alpha value is -1.62. The van der Waals surface area contributed by atoms with Crippen LogP contribution >= 0.6 is 0 Å². The number of likely N-dealkylation sites (tertiary alicyclic amines) is 1. The van der Waals surface area contributed by atoms with Crippen molar-refractivity contribution >= 4 is 5.78 Å². The highest BCUT2D eigenvalue weighted by Gasteiger charge is 2.50. The van der Waals surface area contributed by atoms with Gasteiger partial charge in [-0.25, -0.2) is 0 Å². The van der Waals surface area contributed by atoms with Gasteiger partial charge in [0, 0.05) is 24.3 Å². The number of likely N-dealkylation sites (N-methyl/N-ethyl adjacent to an activating group) is 1. The molecule has 3 atom stereocenters. The minimum absolute atomic E-state index is 0.0276. The number of carbonyl (C=O) groups is 1. The van der Waals surface area contributed by atoms with Gasteiger partial charge in [0.1, 0.15) is 5.78 Å². The lowest BCUT2D eigenvalue weighted by Crippen LogP contribution is -2.46. The fraction of sp³-hybridized carbons (Fsp3) is 0.588. The Kier molecular flexibility index (Phi) is 2.98. The third-order valence-electron chi connectivity index (χ3n) is 5.60. The first kappa shape index (κ1) is 14.0. The molecule has 2 heterocycles. The number of ketones is 1. The van der Waals surface area contributed by atoms with Crippen LogP contribution in [0.3, 0.4) is 0 Å². The average Bonchev–Trinajstić information content (AvgIpc) is 3.01. The average molecular weight is 305 g/mol. The quantitative estimate of drug-likeness (QED) is 0.800. The lowest BCUT2D eigenvalue weighted by molar-refractivity contribution is -0.122. The van der Waals surface area contributed by atoms with Crippen LogP contribution in [0, 0.1) is 6.92 Å². The number of rotatable bonds is 1. The first-order valence-corrected chi connectivity index (χ1v) is 7.84. The molecule has 4 rings (SSSR count). The number of carbonyl (C=O) groups excluding carboxylic acids is 1. The van der Waals surface area contributed by atoms with Crippen molar-refractivity contribution in [2.75, 3.05) is 13.6 Å². The molecule has 118 valence electrons. The molecule has 3 aliphatic rings. The van der Waals surface area contributed by atoms with E-state index in [4.69, 9.17) is 9.47 Å². The monoisotopic (exact) mass is 305 g/mol. The molecule has 22 heavy (non-hydrogen) atoms. The van der Waals surface area contributed by atoms with Gasteiger partial charge in [-0.05, 0) is 50.6 Å². The first-order valence-electron chi connectivity index (χ1n) is 7.84. The van der Waals surface area contributed by atoms with Gasteiger partial charge in [-0.3, -0.25) is 4.79 Å². The second-order valence-electron chi connectivity index (χ2n) is 6.78. The summed E-state index contributed by atoms with van der Waals surface area (Å²) in [4.78, 5) is 14.2. The number of hydrogen-bond donors (Lipinski definition) is 0. The van der Waals surface area contributed by atoms with E-state index in [-0.39, 0.29) is 11.5 Å². The second kappa shape index (κ2) is 4.69. The molecule has 0 aromatic heterocycles.